The second-order valence-electron chi connectivity index (χ2n) is 8.21. The number of nitrogens with two attached hydrogens (primary N) is 2. The summed E-state index contributed by atoms with van der Waals surface area (Å²) in [6.45, 7) is 2.16. The van der Waals surface area contributed by atoms with E-state index in [4.69, 9.17) is 16.2 Å². The van der Waals surface area contributed by atoms with Crippen LogP contribution in [-0.4, -0.2) is 46.2 Å². The number of primary amides is 1. The molecule has 10 heteroatoms. The van der Waals surface area contributed by atoms with Crippen LogP contribution < -0.4 is 21.5 Å². The quantitative estimate of drug-likeness (QED) is 0.484. The number of carbonyl (C=O) groups excluding carboxylic acids is 3. The number of amides is 3. The van der Waals surface area contributed by atoms with Crippen molar-refractivity contribution in [1.29, 1.82) is 0 Å². The molecule has 0 aliphatic heterocycles. The van der Waals surface area contributed by atoms with Gasteiger partial charge in [-0.3, -0.25) is 14.4 Å². The Morgan fingerprint density at radius 1 is 1.24 bits per heavy atom. The van der Waals surface area contributed by atoms with Gasteiger partial charge in [-0.2, -0.15) is 4.37 Å². The molecule has 1 heterocycles. The second-order valence-corrected chi connectivity index (χ2v) is 8.99. The lowest BCUT2D eigenvalue weighted by Gasteiger charge is -2.31. The first-order valence-corrected chi connectivity index (χ1v) is 11.9. The fourth-order valence-electron chi connectivity index (χ4n) is 4.08. The number of nitrogens with zero attached hydrogens (tertiary/aromatic N) is 2. The van der Waals surface area contributed by atoms with Crippen molar-refractivity contribution in [2.24, 2.45) is 5.73 Å². The zero-order valence-electron chi connectivity index (χ0n) is 19.0. The normalized spacial score (nSPS) is 14.6. The van der Waals surface area contributed by atoms with E-state index >= 15 is 0 Å². The van der Waals surface area contributed by atoms with Crippen molar-refractivity contribution in [3.05, 3.63) is 40.4 Å². The van der Waals surface area contributed by atoms with E-state index in [1.807, 2.05) is 19.1 Å². The topological polar surface area (TPSA) is 141 Å². The summed E-state index contributed by atoms with van der Waals surface area (Å²) in [5.74, 6) is -0.732. The van der Waals surface area contributed by atoms with Crippen molar-refractivity contribution in [3.63, 3.8) is 0 Å². The number of carbonyl (C=O) groups is 3. The first kappa shape index (κ1) is 24.5. The minimum Gasteiger partial charge on any atom is -0.497 e. The SMILES string of the molecule is CCC[C@@H](C(=O)NC1CCCC1)N(Cc1ccc(OC)cc1)C(=O)c1snc(C(N)=O)c1N. The van der Waals surface area contributed by atoms with Gasteiger partial charge in [-0.05, 0) is 48.5 Å². The Bertz CT molecular complexity index is 985. The third-order valence-electron chi connectivity index (χ3n) is 5.87. The molecule has 0 saturated heterocycles. The summed E-state index contributed by atoms with van der Waals surface area (Å²) in [6.07, 6.45) is 5.26. The fraction of sp³-hybridized carbons (Fsp3) is 0.478. The van der Waals surface area contributed by atoms with Gasteiger partial charge in [0.2, 0.25) is 5.91 Å². The molecule has 1 fully saturated rings. The molecular formula is C23H31N5O4S. The Balaban J connectivity index is 1.94. The summed E-state index contributed by atoms with van der Waals surface area (Å²) in [4.78, 5) is 40.2. The maximum Gasteiger partial charge on any atom is 0.270 e. The minimum absolute atomic E-state index is 0.0521. The van der Waals surface area contributed by atoms with E-state index in [9.17, 15) is 14.4 Å². The molecule has 33 heavy (non-hydrogen) atoms. The van der Waals surface area contributed by atoms with Crippen molar-refractivity contribution in [2.45, 2.75) is 64.1 Å². The first-order valence-electron chi connectivity index (χ1n) is 11.1. The molecule has 3 rings (SSSR count). The van der Waals surface area contributed by atoms with Crippen LogP contribution in [0, 0.1) is 0 Å². The van der Waals surface area contributed by atoms with Gasteiger partial charge in [-0.15, -0.1) is 0 Å². The van der Waals surface area contributed by atoms with E-state index in [1.54, 1.807) is 19.2 Å². The molecule has 0 spiro atoms. The van der Waals surface area contributed by atoms with Crippen molar-refractivity contribution in [2.75, 3.05) is 12.8 Å². The highest BCUT2D eigenvalue weighted by atomic mass is 32.1. The van der Waals surface area contributed by atoms with Crippen molar-refractivity contribution >= 4 is 34.9 Å². The maximum atomic E-state index is 13.6. The van der Waals surface area contributed by atoms with Crippen LogP contribution in [0.4, 0.5) is 5.69 Å². The average Bonchev–Trinajstić information content (AvgIpc) is 3.45. The van der Waals surface area contributed by atoms with Gasteiger partial charge in [0, 0.05) is 12.6 Å². The van der Waals surface area contributed by atoms with E-state index in [-0.39, 0.29) is 34.8 Å². The largest absolute Gasteiger partial charge is 0.497 e. The van der Waals surface area contributed by atoms with Crippen LogP contribution in [0.5, 0.6) is 5.75 Å². The van der Waals surface area contributed by atoms with Crippen LogP contribution in [-0.2, 0) is 11.3 Å². The number of hydrogen-bond donors (Lipinski definition) is 3. The Kier molecular flexibility index (Phi) is 8.26. The first-order chi connectivity index (χ1) is 15.8. The molecule has 3 amide bonds. The molecule has 1 aromatic heterocycles. The standard InChI is InChI=1S/C23H31N5O4S/c1-3-6-17(22(30)26-15-7-4-5-8-15)28(13-14-9-11-16(32-2)12-10-14)23(31)20-18(24)19(21(25)29)27-33-20/h9-12,15,17H,3-8,13,24H2,1-2H3,(H2,25,29)(H,26,30)/t17-/m0/s1. The highest BCUT2D eigenvalue weighted by Crippen LogP contribution is 2.27. The molecule has 2 aromatic rings. The summed E-state index contributed by atoms with van der Waals surface area (Å²) in [7, 11) is 1.58. The highest BCUT2D eigenvalue weighted by Gasteiger charge is 2.34. The number of hydrogen-bond acceptors (Lipinski definition) is 7. The summed E-state index contributed by atoms with van der Waals surface area (Å²) < 4.78 is 9.18. The molecule has 1 aliphatic carbocycles. The summed E-state index contributed by atoms with van der Waals surface area (Å²) >= 11 is 0.819. The minimum atomic E-state index is -0.798. The van der Waals surface area contributed by atoms with E-state index in [1.165, 1.54) is 4.90 Å². The van der Waals surface area contributed by atoms with Gasteiger partial charge in [-0.25, -0.2) is 0 Å². The Morgan fingerprint density at radius 3 is 2.45 bits per heavy atom. The lowest BCUT2D eigenvalue weighted by molar-refractivity contribution is -0.126. The smallest absolute Gasteiger partial charge is 0.270 e. The van der Waals surface area contributed by atoms with E-state index in [2.05, 4.69) is 9.69 Å². The summed E-state index contributed by atoms with van der Waals surface area (Å²) in [5, 5.41) is 3.12. The number of rotatable bonds is 10. The molecular weight excluding hydrogens is 442 g/mol. The predicted molar refractivity (Wildman–Crippen MR) is 127 cm³/mol. The average molecular weight is 474 g/mol. The van der Waals surface area contributed by atoms with Gasteiger partial charge in [0.25, 0.3) is 11.8 Å². The number of benzene rings is 1. The van der Waals surface area contributed by atoms with Crippen LogP contribution in [0.2, 0.25) is 0 Å². The lowest BCUT2D eigenvalue weighted by atomic mass is 10.1. The van der Waals surface area contributed by atoms with Crippen LogP contribution in [0.1, 0.15) is 71.2 Å². The molecule has 1 aliphatic rings. The Morgan fingerprint density at radius 2 is 1.91 bits per heavy atom. The van der Waals surface area contributed by atoms with E-state index in [0.29, 0.717) is 18.6 Å². The molecule has 5 N–H and O–H groups in total. The Labute approximate surface area is 197 Å². The zero-order chi connectivity index (χ0) is 24.0. The predicted octanol–water partition coefficient (Wildman–Crippen LogP) is 2.70. The van der Waals surface area contributed by atoms with Crippen LogP contribution in [0.15, 0.2) is 24.3 Å². The number of nitrogen functional groups attached to an aromatic ring is 1. The molecule has 0 unspecified atom stereocenters. The monoisotopic (exact) mass is 473 g/mol. The molecule has 1 atom stereocenters. The van der Waals surface area contributed by atoms with Crippen molar-refractivity contribution in [3.8, 4) is 5.75 Å². The Hall–Kier alpha value is -3.14. The van der Waals surface area contributed by atoms with Crippen molar-refractivity contribution in [1.82, 2.24) is 14.6 Å². The van der Waals surface area contributed by atoms with Gasteiger partial charge < -0.3 is 26.4 Å². The molecule has 0 radical (unpaired) electrons. The molecule has 178 valence electrons. The number of anilines is 1. The van der Waals surface area contributed by atoms with Crippen LogP contribution >= 0.6 is 11.5 Å². The van der Waals surface area contributed by atoms with Gasteiger partial charge in [0.15, 0.2) is 5.69 Å². The number of methoxy groups -OCH3 is 1. The van der Waals surface area contributed by atoms with Gasteiger partial charge >= 0.3 is 0 Å². The van der Waals surface area contributed by atoms with E-state index < -0.39 is 17.9 Å². The van der Waals surface area contributed by atoms with Crippen molar-refractivity contribution < 1.29 is 19.1 Å². The van der Waals surface area contributed by atoms with Gasteiger partial charge in [0.05, 0.1) is 12.8 Å². The summed E-state index contributed by atoms with van der Waals surface area (Å²) in [6, 6.07) is 6.74. The lowest BCUT2D eigenvalue weighted by Crippen LogP contribution is -2.51. The molecule has 1 aromatic carbocycles. The maximum absolute atomic E-state index is 13.6. The van der Waals surface area contributed by atoms with Crippen LogP contribution in [0.3, 0.4) is 0 Å². The molecule has 1 saturated carbocycles. The molecule has 0 bridgehead atoms. The number of aromatic nitrogens is 1. The van der Waals surface area contributed by atoms with Gasteiger partial charge in [0.1, 0.15) is 16.7 Å². The third-order valence-corrected chi connectivity index (χ3v) is 6.72. The van der Waals surface area contributed by atoms with E-state index in [0.717, 1.165) is 42.8 Å². The van der Waals surface area contributed by atoms with Crippen LogP contribution in [0.25, 0.3) is 0 Å². The third kappa shape index (κ3) is 5.81. The van der Waals surface area contributed by atoms with Gasteiger partial charge in [-0.1, -0.05) is 38.3 Å². The number of nitrogens with one attached hydrogen (secondary N) is 1. The second kappa shape index (κ2) is 11.1. The highest BCUT2D eigenvalue weighted by molar-refractivity contribution is 7.09. The molecule has 9 nitrogen and oxygen atoms in total. The summed E-state index contributed by atoms with van der Waals surface area (Å²) in [5.41, 5.74) is 12.0. The fourth-order valence-corrected chi connectivity index (χ4v) is 4.84. The zero-order valence-corrected chi connectivity index (χ0v) is 19.8. The number of ether oxygens (including phenoxy) is 1.